The van der Waals surface area contributed by atoms with Gasteiger partial charge in [0, 0.05) is 28.8 Å². The van der Waals surface area contributed by atoms with Crippen molar-refractivity contribution < 1.29 is 13.9 Å². The van der Waals surface area contributed by atoms with Crippen molar-refractivity contribution in [2.75, 3.05) is 14.2 Å². The van der Waals surface area contributed by atoms with Crippen LogP contribution in [0.1, 0.15) is 28.8 Å². The second-order valence-electron chi connectivity index (χ2n) is 6.80. The Morgan fingerprint density at radius 1 is 1.00 bits per heavy atom. The summed E-state index contributed by atoms with van der Waals surface area (Å²) in [5, 5.41) is 0.439. The van der Waals surface area contributed by atoms with Crippen LogP contribution in [0.15, 0.2) is 60.1 Å². The van der Waals surface area contributed by atoms with Crippen molar-refractivity contribution in [3.05, 3.63) is 72.1 Å². The van der Waals surface area contributed by atoms with Crippen LogP contribution in [0.25, 0.3) is 11.1 Å². The highest BCUT2D eigenvalue weighted by molar-refractivity contribution is 8.14. The van der Waals surface area contributed by atoms with Gasteiger partial charge in [0.2, 0.25) is 0 Å². The number of hydrogen-bond acceptors (Lipinski definition) is 7. The average Bonchev–Trinajstić information content (AvgIpc) is 2.79. The number of amidine groups is 1. The molecule has 1 aliphatic heterocycles. The van der Waals surface area contributed by atoms with E-state index in [-0.39, 0.29) is 11.1 Å². The summed E-state index contributed by atoms with van der Waals surface area (Å²) in [5.74, 6) is 0.990. The van der Waals surface area contributed by atoms with Crippen LogP contribution in [-0.4, -0.2) is 29.4 Å². The van der Waals surface area contributed by atoms with Crippen LogP contribution >= 0.6 is 11.8 Å². The number of nitrogens with two attached hydrogens (primary N) is 1. The molecule has 0 radical (unpaired) electrons. The zero-order valence-electron chi connectivity index (χ0n) is 16.6. The van der Waals surface area contributed by atoms with Crippen molar-refractivity contribution in [3.8, 4) is 22.6 Å². The van der Waals surface area contributed by atoms with Crippen LogP contribution < -0.4 is 15.2 Å². The summed E-state index contributed by atoms with van der Waals surface area (Å²) in [6, 6.07) is 10.3. The molecule has 6 nitrogen and oxygen atoms in total. The van der Waals surface area contributed by atoms with Crippen LogP contribution in [0, 0.1) is 5.82 Å². The molecule has 30 heavy (non-hydrogen) atoms. The summed E-state index contributed by atoms with van der Waals surface area (Å²) in [5.41, 5.74) is 9.31. The molecule has 2 atom stereocenters. The largest absolute Gasteiger partial charge is 0.493 e. The molecule has 8 heteroatoms. The van der Waals surface area contributed by atoms with E-state index >= 15 is 0 Å². The van der Waals surface area contributed by atoms with Gasteiger partial charge in [-0.15, -0.1) is 0 Å². The first-order valence-corrected chi connectivity index (χ1v) is 10.2. The van der Waals surface area contributed by atoms with Gasteiger partial charge in [0.15, 0.2) is 16.7 Å². The van der Waals surface area contributed by atoms with Crippen LogP contribution in [0.3, 0.4) is 0 Å². The minimum absolute atomic E-state index is 0.00965. The molecule has 2 aromatic carbocycles. The molecule has 0 amide bonds. The van der Waals surface area contributed by atoms with Crippen LogP contribution in [0.4, 0.5) is 4.39 Å². The van der Waals surface area contributed by atoms with E-state index < -0.39 is 6.04 Å². The molecule has 0 saturated heterocycles. The Hall–Kier alpha value is -3.13. The normalized spacial score (nSPS) is 18.6. The molecular weight excluding hydrogens is 403 g/mol. The van der Waals surface area contributed by atoms with Gasteiger partial charge in [-0.1, -0.05) is 23.9 Å². The standard InChI is InChI=1S/C22H21FN4O2S/c1-28-19-6-4-14(8-20(19)29-2)21-9-18(27-22(24)30-21)16-7-13(3-5-17(16)23)15-10-25-12-26-11-15/h3-8,10-12,18,21H,9H2,1-2H3,(H2,24,27). The third-order valence-electron chi connectivity index (χ3n) is 5.01. The van der Waals surface area contributed by atoms with Crippen LogP contribution in [-0.2, 0) is 0 Å². The molecule has 0 spiro atoms. The highest BCUT2D eigenvalue weighted by atomic mass is 32.2. The highest BCUT2D eigenvalue weighted by Crippen LogP contribution is 2.45. The molecule has 1 aliphatic rings. The molecular formula is C22H21FN4O2S. The van der Waals surface area contributed by atoms with Gasteiger partial charge in [-0.05, 0) is 41.8 Å². The molecule has 2 heterocycles. The fourth-order valence-corrected chi connectivity index (χ4v) is 4.55. The third-order valence-corrected chi connectivity index (χ3v) is 6.11. The predicted molar refractivity (Wildman–Crippen MR) is 116 cm³/mol. The van der Waals surface area contributed by atoms with Gasteiger partial charge in [-0.2, -0.15) is 0 Å². The van der Waals surface area contributed by atoms with E-state index in [1.54, 1.807) is 38.7 Å². The molecule has 4 rings (SSSR count). The molecule has 3 aromatic rings. The zero-order valence-corrected chi connectivity index (χ0v) is 17.4. The number of benzene rings is 2. The maximum atomic E-state index is 14.8. The highest BCUT2D eigenvalue weighted by Gasteiger charge is 2.28. The molecule has 0 fully saturated rings. The van der Waals surface area contributed by atoms with Gasteiger partial charge in [0.1, 0.15) is 12.1 Å². The minimum Gasteiger partial charge on any atom is -0.493 e. The predicted octanol–water partition coefficient (Wildman–Crippen LogP) is 4.53. The number of rotatable bonds is 5. The Morgan fingerprint density at radius 2 is 1.77 bits per heavy atom. The number of ether oxygens (including phenoxy) is 2. The van der Waals surface area contributed by atoms with Gasteiger partial charge in [-0.25, -0.2) is 14.4 Å². The Bertz CT molecular complexity index is 1080. The summed E-state index contributed by atoms with van der Waals surface area (Å²) >= 11 is 1.47. The fourth-order valence-electron chi connectivity index (χ4n) is 3.51. The number of aliphatic imine (C=N–C) groups is 1. The molecule has 0 saturated carbocycles. The Kier molecular flexibility index (Phi) is 5.85. The van der Waals surface area contributed by atoms with Crippen molar-refractivity contribution in [1.29, 1.82) is 0 Å². The maximum Gasteiger partial charge on any atom is 0.161 e. The first-order chi connectivity index (χ1) is 14.6. The van der Waals surface area contributed by atoms with Gasteiger partial charge < -0.3 is 15.2 Å². The minimum atomic E-state index is -0.395. The van der Waals surface area contributed by atoms with E-state index in [2.05, 4.69) is 15.0 Å². The van der Waals surface area contributed by atoms with Crippen molar-refractivity contribution in [3.63, 3.8) is 0 Å². The first-order valence-electron chi connectivity index (χ1n) is 9.35. The second kappa shape index (κ2) is 8.71. The molecule has 0 bridgehead atoms. The van der Waals surface area contributed by atoms with Gasteiger partial charge in [0.05, 0.1) is 20.3 Å². The van der Waals surface area contributed by atoms with Crippen molar-refractivity contribution in [1.82, 2.24) is 9.97 Å². The lowest BCUT2D eigenvalue weighted by atomic mass is 9.95. The first kappa shape index (κ1) is 20.2. The van der Waals surface area contributed by atoms with Crippen molar-refractivity contribution >= 4 is 16.9 Å². The summed E-state index contributed by atoms with van der Waals surface area (Å²) in [6.07, 6.45) is 5.47. The summed E-state index contributed by atoms with van der Waals surface area (Å²) in [6.45, 7) is 0. The topological polar surface area (TPSA) is 82.6 Å². The van der Waals surface area contributed by atoms with Gasteiger partial charge in [-0.3, -0.25) is 4.99 Å². The quantitative estimate of drug-likeness (QED) is 0.648. The van der Waals surface area contributed by atoms with E-state index in [1.165, 1.54) is 24.2 Å². The Balaban J connectivity index is 1.67. The second-order valence-corrected chi connectivity index (χ2v) is 8.03. The third kappa shape index (κ3) is 4.09. The monoisotopic (exact) mass is 424 g/mol. The maximum absolute atomic E-state index is 14.8. The van der Waals surface area contributed by atoms with E-state index in [1.807, 2.05) is 18.2 Å². The number of aromatic nitrogens is 2. The summed E-state index contributed by atoms with van der Waals surface area (Å²) in [7, 11) is 3.20. The summed E-state index contributed by atoms with van der Waals surface area (Å²) < 4.78 is 25.5. The fraction of sp³-hybridized carbons (Fsp3) is 0.227. The SMILES string of the molecule is COc1ccc(C2CC(c3cc(-c4cncnc4)ccc3F)N=C(N)S2)cc1OC. The number of halogens is 1. The lowest BCUT2D eigenvalue weighted by molar-refractivity contribution is 0.354. The van der Waals surface area contributed by atoms with E-state index in [0.717, 1.165) is 16.7 Å². The number of hydrogen-bond donors (Lipinski definition) is 1. The van der Waals surface area contributed by atoms with E-state index in [0.29, 0.717) is 28.7 Å². The van der Waals surface area contributed by atoms with E-state index in [4.69, 9.17) is 15.2 Å². The molecule has 0 aliphatic carbocycles. The smallest absolute Gasteiger partial charge is 0.161 e. The molecule has 2 N–H and O–H groups in total. The Morgan fingerprint density at radius 3 is 2.50 bits per heavy atom. The number of thioether (sulfide) groups is 1. The molecule has 2 unspecified atom stereocenters. The average molecular weight is 425 g/mol. The van der Waals surface area contributed by atoms with E-state index in [9.17, 15) is 4.39 Å². The molecule has 1 aromatic heterocycles. The lowest BCUT2D eigenvalue weighted by Crippen LogP contribution is -2.19. The van der Waals surface area contributed by atoms with Crippen LogP contribution in [0.2, 0.25) is 0 Å². The van der Waals surface area contributed by atoms with Gasteiger partial charge in [0.25, 0.3) is 0 Å². The molecule has 154 valence electrons. The zero-order chi connectivity index (χ0) is 21.1. The van der Waals surface area contributed by atoms with Crippen LogP contribution in [0.5, 0.6) is 11.5 Å². The van der Waals surface area contributed by atoms with Crippen molar-refractivity contribution in [2.45, 2.75) is 17.7 Å². The number of nitrogens with zero attached hydrogens (tertiary/aromatic N) is 3. The van der Waals surface area contributed by atoms with Gasteiger partial charge >= 0.3 is 0 Å². The lowest BCUT2D eigenvalue weighted by Gasteiger charge is -2.27. The summed E-state index contributed by atoms with van der Waals surface area (Å²) in [4.78, 5) is 12.6. The number of methoxy groups -OCH3 is 2. The van der Waals surface area contributed by atoms with Crippen molar-refractivity contribution in [2.24, 2.45) is 10.7 Å². The Labute approximate surface area is 178 Å².